The van der Waals surface area contributed by atoms with E-state index in [1.165, 1.54) is 18.4 Å². The summed E-state index contributed by atoms with van der Waals surface area (Å²) in [6.07, 6.45) is 4.23. The molecular weight excluding hydrogens is 264 g/mol. The highest BCUT2D eigenvalue weighted by Crippen LogP contribution is 2.32. The van der Waals surface area contributed by atoms with Crippen LogP contribution in [-0.4, -0.2) is 17.7 Å². The van der Waals surface area contributed by atoms with Crippen molar-refractivity contribution < 1.29 is 9.53 Å². The first-order valence-corrected chi connectivity index (χ1v) is 7.75. The van der Waals surface area contributed by atoms with E-state index in [2.05, 4.69) is 35.1 Å². The maximum absolute atomic E-state index is 11.7. The van der Waals surface area contributed by atoms with Crippen molar-refractivity contribution in [2.75, 3.05) is 0 Å². The molecule has 1 aliphatic rings. The molecule has 1 aromatic rings. The summed E-state index contributed by atoms with van der Waals surface area (Å²) in [7, 11) is 0. The van der Waals surface area contributed by atoms with Crippen LogP contribution in [0.15, 0.2) is 30.3 Å². The predicted octanol–water partition coefficient (Wildman–Crippen LogP) is 3.74. The van der Waals surface area contributed by atoms with E-state index < -0.39 is 11.7 Å². The Kier molecular flexibility index (Phi) is 5.23. The first-order valence-electron chi connectivity index (χ1n) is 7.75. The smallest absolute Gasteiger partial charge is 0.422 e. The van der Waals surface area contributed by atoms with Gasteiger partial charge in [0.05, 0.1) is 0 Å². The third kappa shape index (κ3) is 5.05. The maximum Gasteiger partial charge on any atom is 0.422 e. The van der Waals surface area contributed by atoms with Gasteiger partial charge in [0.1, 0.15) is 5.60 Å². The summed E-state index contributed by atoms with van der Waals surface area (Å²) >= 11 is 0. The Morgan fingerprint density at radius 3 is 2.48 bits per heavy atom. The Bertz CT molecular complexity index is 454. The number of carbonyl (C=O) groups excluding carboxylic acids is 1. The fourth-order valence-electron chi connectivity index (χ4n) is 2.86. The predicted molar refractivity (Wildman–Crippen MR) is 83.9 cm³/mol. The number of nitrogens with one attached hydrogen (secondary N) is 2. The van der Waals surface area contributed by atoms with Gasteiger partial charge in [-0.2, -0.15) is 0 Å². The van der Waals surface area contributed by atoms with Gasteiger partial charge >= 0.3 is 6.09 Å². The summed E-state index contributed by atoms with van der Waals surface area (Å²) in [5, 5.41) is 0. The van der Waals surface area contributed by atoms with Gasteiger partial charge in [-0.05, 0) is 39.2 Å². The fourth-order valence-corrected chi connectivity index (χ4v) is 2.86. The van der Waals surface area contributed by atoms with Crippen LogP contribution >= 0.6 is 0 Å². The summed E-state index contributed by atoms with van der Waals surface area (Å²) in [5.74, 6) is 0.440. The minimum absolute atomic E-state index is 0.258. The molecule has 0 aliphatic heterocycles. The van der Waals surface area contributed by atoms with Crippen molar-refractivity contribution >= 4 is 6.09 Å². The summed E-state index contributed by atoms with van der Waals surface area (Å²) in [6, 6.07) is 10.8. The molecule has 116 valence electrons. The number of carbonyl (C=O) groups is 1. The zero-order valence-corrected chi connectivity index (χ0v) is 13.2. The molecule has 1 aromatic carbocycles. The zero-order valence-electron chi connectivity index (χ0n) is 13.2. The number of hydrogen-bond acceptors (Lipinski definition) is 3. The second kappa shape index (κ2) is 6.94. The van der Waals surface area contributed by atoms with E-state index in [4.69, 9.17) is 4.74 Å². The first kappa shape index (κ1) is 15.8. The van der Waals surface area contributed by atoms with Gasteiger partial charge in [0, 0.05) is 12.0 Å². The van der Waals surface area contributed by atoms with Crippen LogP contribution < -0.4 is 10.9 Å². The molecule has 1 fully saturated rings. The van der Waals surface area contributed by atoms with Gasteiger partial charge in [-0.25, -0.2) is 10.2 Å². The van der Waals surface area contributed by atoms with Crippen molar-refractivity contribution in [3.63, 3.8) is 0 Å². The molecule has 0 aromatic heterocycles. The second-order valence-electron chi connectivity index (χ2n) is 6.68. The second-order valence-corrected chi connectivity index (χ2v) is 6.68. The van der Waals surface area contributed by atoms with E-state index in [0.29, 0.717) is 5.92 Å². The zero-order chi connectivity index (χ0) is 15.3. The molecule has 2 unspecified atom stereocenters. The monoisotopic (exact) mass is 290 g/mol. The van der Waals surface area contributed by atoms with Gasteiger partial charge in [0.15, 0.2) is 0 Å². The lowest BCUT2D eigenvalue weighted by molar-refractivity contribution is 0.0479. The molecule has 1 saturated carbocycles. The Balaban J connectivity index is 1.92. The summed E-state index contributed by atoms with van der Waals surface area (Å²) in [5.41, 5.74) is 6.72. The molecular formula is C17H26N2O2. The Morgan fingerprint density at radius 1 is 1.14 bits per heavy atom. The summed E-state index contributed by atoms with van der Waals surface area (Å²) < 4.78 is 5.26. The van der Waals surface area contributed by atoms with Crippen molar-refractivity contribution in [2.45, 2.75) is 64.0 Å². The highest BCUT2D eigenvalue weighted by Gasteiger charge is 2.27. The normalized spacial score (nSPS) is 22.6. The molecule has 0 radical (unpaired) electrons. The van der Waals surface area contributed by atoms with E-state index >= 15 is 0 Å². The molecule has 21 heavy (non-hydrogen) atoms. The van der Waals surface area contributed by atoms with E-state index in [-0.39, 0.29) is 6.04 Å². The van der Waals surface area contributed by atoms with Gasteiger partial charge in [-0.15, -0.1) is 0 Å². The third-order valence-corrected chi connectivity index (χ3v) is 3.75. The van der Waals surface area contributed by atoms with Crippen LogP contribution in [-0.2, 0) is 4.74 Å². The van der Waals surface area contributed by atoms with E-state index in [0.717, 1.165) is 12.8 Å². The number of ether oxygens (including phenoxy) is 1. The van der Waals surface area contributed by atoms with Crippen LogP contribution in [0.5, 0.6) is 0 Å². The van der Waals surface area contributed by atoms with Gasteiger partial charge in [-0.3, -0.25) is 5.43 Å². The lowest BCUT2D eigenvalue weighted by Crippen LogP contribution is -2.49. The van der Waals surface area contributed by atoms with Crippen molar-refractivity contribution in [3.05, 3.63) is 35.9 Å². The van der Waals surface area contributed by atoms with Crippen LogP contribution in [0.3, 0.4) is 0 Å². The molecule has 4 heteroatoms. The minimum atomic E-state index is -0.475. The molecule has 0 saturated heterocycles. The van der Waals surface area contributed by atoms with Gasteiger partial charge < -0.3 is 4.74 Å². The lowest BCUT2D eigenvalue weighted by atomic mass is 9.80. The minimum Gasteiger partial charge on any atom is -0.443 e. The standard InChI is InChI=1S/C17H26N2O2/c1-17(2,3)21-16(20)19-18-15-12-8-7-11-14(15)13-9-5-4-6-10-13/h4-6,9-10,14-15,18H,7-8,11-12H2,1-3H3,(H,19,20). The number of hydrogen-bond donors (Lipinski definition) is 2. The number of benzene rings is 1. The Morgan fingerprint density at radius 2 is 1.81 bits per heavy atom. The molecule has 1 aliphatic carbocycles. The van der Waals surface area contributed by atoms with Crippen molar-refractivity contribution in [1.29, 1.82) is 0 Å². The van der Waals surface area contributed by atoms with Crippen LogP contribution in [0.2, 0.25) is 0 Å². The topological polar surface area (TPSA) is 50.4 Å². The SMILES string of the molecule is CC(C)(C)OC(=O)NNC1CCCCC1c1ccccc1. The summed E-state index contributed by atoms with van der Waals surface area (Å²) in [4.78, 5) is 11.7. The van der Waals surface area contributed by atoms with Crippen LogP contribution in [0.25, 0.3) is 0 Å². The average Bonchev–Trinajstić information content (AvgIpc) is 2.45. The van der Waals surface area contributed by atoms with Crippen LogP contribution in [0.4, 0.5) is 4.79 Å². The molecule has 2 N–H and O–H groups in total. The maximum atomic E-state index is 11.7. The first-order chi connectivity index (χ1) is 9.96. The van der Waals surface area contributed by atoms with Crippen LogP contribution in [0.1, 0.15) is 57.9 Å². The molecule has 0 spiro atoms. The van der Waals surface area contributed by atoms with Crippen molar-refractivity contribution in [1.82, 2.24) is 10.9 Å². The highest BCUT2D eigenvalue weighted by molar-refractivity contribution is 5.67. The molecule has 1 amide bonds. The van der Waals surface area contributed by atoms with E-state index in [1.807, 2.05) is 26.8 Å². The molecule has 4 nitrogen and oxygen atoms in total. The summed E-state index contributed by atoms with van der Waals surface area (Å²) in [6.45, 7) is 5.58. The highest BCUT2D eigenvalue weighted by atomic mass is 16.6. The quantitative estimate of drug-likeness (QED) is 0.834. The molecule has 0 heterocycles. The Labute approximate surface area is 127 Å². The number of amides is 1. The van der Waals surface area contributed by atoms with E-state index in [1.54, 1.807) is 0 Å². The number of hydrazine groups is 1. The third-order valence-electron chi connectivity index (χ3n) is 3.75. The lowest BCUT2D eigenvalue weighted by Gasteiger charge is -2.33. The van der Waals surface area contributed by atoms with Gasteiger partial charge in [-0.1, -0.05) is 43.2 Å². The molecule has 2 rings (SSSR count). The molecule has 2 atom stereocenters. The molecule has 0 bridgehead atoms. The largest absolute Gasteiger partial charge is 0.443 e. The Hall–Kier alpha value is -1.55. The number of rotatable bonds is 3. The van der Waals surface area contributed by atoms with Crippen molar-refractivity contribution in [2.24, 2.45) is 0 Å². The van der Waals surface area contributed by atoms with Crippen LogP contribution in [0, 0.1) is 0 Å². The van der Waals surface area contributed by atoms with Gasteiger partial charge in [0.2, 0.25) is 0 Å². The van der Waals surface area contributed by atoms with Gasteiger partial charge in [0.25, 0.3) is 0 Å². The van der Waals surface area contributed by atoms with E-state index in [9.17, 15) is 4.79 Å². The van der Waals surface area contributed by atoms with Crippen molar-refractivity contribution in [3.8, 4) is 0 Å². The average molecular weight is 290 g/mol. The fraction of sp³-hybridized carbons (Fsp3) is 0.588.